The van der Waals surface area contributed by atoms with Crippen molar-refractivity contribution in [2.45, 2.75) is 13.8 Å². The number of amides is 1. The summed E-state index contributed by atoms with van der Waals surface area (Å²) in [5, 5.41) is 2.87. The van der Waals surface area contributed by atoms with Gasteiger partial charge in [-0.1, -0.05) is 12.1 Å². The maximum absolute atomic E-state index is 12.3. The standard InChI is InChI=1S/C17H19NO3/c1-4-21-16-10-12(2)8-9-15(16)18-17(19)13-6-5-7-14(11-13)20-3/h5-11H,4H2,1-3H3,(H,18,19). The number of methoxy groups -OCH3 is 1. The first kappa shape index (κ1) is 14.9. The normalized spacial score (nSPS) is 10.0. The van der Waals surface area contributed by atoms with Gasteiger partial charge < -0.3 is 14.8 Å². The van der Waals surface area contributed by atoms with E-state index in [1.54, 1.807) is 31.4 Å². The van der Waals surface area contributed by atoms with Gasteiger partial charge in [0.05, 0.1) is 19.4 Å². The lowest BCUT2D eigenvalue weighted by atomic mass is 10.1. The van der Waals surface area contributed by atoms with Crippen molar-refractivity contribution in [1.82, 2.24) is 0 Å². The molecule has 21 heavy (non-hydrogen) atoms. The zero-order valence-corrected chi connectivity index (χ0v) is 12.5. The third kappa shape index (κ3) is 3.75. The van der Waals surface area contributed by atoms with E-state index >= 15 is 0 Å². The van der Waals surface area contributed by atoms with Gasteiger partial charge in [0.2, 0.25) is 0 Å². The van der Waals surface area contributed by atoms with Crippen LogP contribution < -0.4 is 14.8 Å². The Kier molecular flexibility index (Phi) is 4.82. The van der Waals surface area contributed by atoms with Gasteiger partial charge in [0.15, 0.2) is 0 Å². The van der Waals surface area contributed by atoms with Gasteiger partial charge >= 0.3 is 0 Å². The summed E-state index contributed by atoms with van der Waals surface area (Å²) in [7, 11) is 1.57. The topological polar surface area (TPSA) is 47.6 Å². The van der Waals surface area contributed by atoms with Gasteiger partial charge in [-0.25, -0.2) is 0 Å². The second-order valence-electron chi connectivity index (χ2n) is 4.62. The molecule has 0 saturated heterocycles. The predicted molar refractivity (Wildman–Crippen MR) is 83.3 cm³/mol. The number of rotatable bonds is 5. The van der Waals surface area contributed by atoms with E-state index in [1.807, 2.05) is 32.0 Å². The van der Waals surface area contributed by atoms with E-state index in [1.165, 1.54) is 0 Å². The van der Waals surface area contributed by atoms with E-state index in [9.17, 15) is 4.79 Å². The summed E-state index contributed by atoms with van der Waals surface area (Å²) in [5.41, 5.74) is 2.28. The molecule has 4 nitrogen and oxygen atoms in total. The predicted octanol–water partition coefficient (Wildman–Crippen LogP) is 3.65. The van der Waals surface area contributed by atoms with E-state index in [0.29, 0.717) is 29.4 Å². The van der Waals surface area contributed by atoms with Crippen molar-refractivity contribution >= 4 is 11.6 Å². The molecule has 0 spiro atoms. The average Bonchev–Trinajstić information content (AvgIpc) is 2.50. The minimum Gasteiger partial charge on any atom is -0.497 e. The highest BCUT2D eigenvalue weighted by atomic mass is 16.5. The number of hydrogen-bond donors (Lipinski definition) is 1. The first-order valence-electron chi connectivity index (χ1n) is 6.83. The SMILES string of the molecule is CCOc1cc(C)ccc1NC(=O)c1cccc(OC)c1. The van der Waals surface area contributed by atoms with Crippen LogP contribution in [0, 0.1) is 6.92 Å². The molecule has 1 amide bonds. The summed E-state index contributed by atoms with van der Waals surface area (Å²) in [5.74, 6) is 1.13. The van der Waals surface area contributed by atoms with Crippen molar-refractivity contribution < 1.29 is 14.3 Å². The summed E-state index contributed by atoms with van der Waals surface area (Å²) in [6, 6.07) is 12.7. The fourth-order valence-corrected chi connectivity index (χ4v) is 1.97. The lowest BCUT2D eigenvalue weighted by molar-refractivity contribution is 0.102. The first-order valence-corrected chi connectivity index (χ1v) is 6.83. The number of hydrogen-bond acceptors (Lipinski definition) is 3. The fourth-order valence-electron chi connectivity index (χ4n) is 1.97. The maximum atomic E-state index is 12.3. The van der Waals surface area contributed by atoms with Crippen molar-refractivity contribution in [2.75, 3.05) is 19.0 Å². The largest absolute Gasteiger partial charge is 0.497 e. The van der Waals surface area contributed by atoms with Crippen LogP contribution in [-0.4, -0.2) is 19.6 Å². The smallest absolute Gasteiger partial charge is 0.255 e. The van der Waals surface area contributed by atoms with Gasteiger partial charge in [-0.3, -0.25) is 4.79 Å². The molecule has 0 radical (unpaired) electrons. The van der Waals surface area contributed by atoms with Crippen molar-refractivity contribution in [2.24, 2.45) is 0 Å². The molecule has 1 N–H and O–H groups in total. The molecule has 0 aliphatic carbocycles. The highest BCUT2D eigenvalue weighted by Gasteiger charge is 2.11. The summed E-state index contributed by atoms with van der Waals surface area (Å²) >= 11 is 0. The van der Waals surface area contributed by atoms with Crippen LogP contribution in [0.4, 0.5) is 5.69 Å². The van der Waals surface area contributed by atoms with Crippen LogP contribution in [0.5, 0.6) is 11.5 Å². The lowest BCUT2D eigenvalue weighted by Crippen LogP contribution is -2.13. The van der Waals surface area contributed by atoms with Crippen LogP contribution in [-0.2, 0) is 0 Å². The Morgan fingerprint density at radius 3 is 2.71 bits per heavy atom. The molecule has 4 heteroatoms. The van der Waals surface area contributed by atoms with Gasteiger partial charge in [-0.15, -0.1) is 0 Å². The Hall–Kier alpha value is -2.49. The molecule has 110 valence electrons. The molecular weight excluding hydrogens is 266 g/mol. The van der Waals surface area contributed by atoms with Gasteiger partial charge in [0.25, 0.3) is 5.91 Å². The molecule has 2 rings (SSSR count). The first-order chi connectivity index (χ1) is 10.1. The minimum absolute atomic E-state index is 0.196. The molecular formula is C17H19NO3. The zero-order valence-electron chi connectivity index (χ0n) is 12.5. The van der Waals surface area contributed by atoms with E-state index in [0.717, 1.165) is 5.56 Å². The summed E-state index contributed by atoms with van der Waals surface area (Å²) in [6.45, 7) is 4.44. The van der Waals surface area contributed by atoms with E-state index in [2.05, 4.69) is 5.32 Å². The minimum atomic E-state index is -0.196. The van der Waals surface area contributed by atoms with E-state index in [4.69, 9.17) is 9.47 Å². The highest BCUT2D eigenvalue weighted by Crippen LogP contribution is 2.26. The van der Waals surface area contributed by atoms with Crippen LogP contribution in [0.25, 0.3) is 0 Å². The third-order valence-electron chi connectivity index (χ3n) is 3.02. The van der Waals surface area contributed by atoms with Gasteiger partial charge in [0, 0.05) is 5.56 Å². The summed E-state index contributed by atoms with van der Waals surface area (Å²) < 4.78 is 10.7. The van der Waals surface area contributed by atoms with Crippen molar-refractivity contribution in [1.29, 1.82) is 0 Å². The van der Waals surface area contributed by atoms with Gasteiger partial charge in [-0.05, 0) is 49.7 Å². The molecule has 2 aromatic rings. The van der Waals surface area contributed by atoms with Crippen molar-refractivity contribution in [3.8, 4) is 11.5 Å². The second-order valence-corrected chi connectivity index (χ2v) is 4.62. The molecule has 0 saturated carbocycles. The van der Waals surface area contributed by atoms with Crippen molar-refractivity contribution in [3.63, 3.8) is 0 Å². The third-order valence-corrected chi connectivity index (χ3v) is 3.02. The van der Waals surface area contributed by atoms with Crippen LogP contribution in [0.3, 0.4) is 0 Å². The van der Waals surface area contributed by atoms with Crippen molar-refractivity contribution in [3.05, 3.63) is 53.6 Å². The van der Waals surface area contributed by atoms with Crippen LogP contribution in [0.15, 0.2) is 42.5 Å². The second kappa shape index (κ2) is 6.79. The molecule has 0 heterocycles. The van der Waals surface area contributed by atoms with Crippen LogP contribution in [0.2, 0.25) is 0 Å². The Morgan fingerprint density at radius 2 is 2.00 bits per heavy atom. The number of carbonyl (C=O) groups excluding carboxylic acids is 1. The molecule has 2 aromatic carbocycles. The number of anilines is 1. The average molecular weight is 285 g/mol. The number of aryl methyl sites for hydroxylation is 1. The Balaban J connectivity index is 2.22. The van der Waals surface area contributed by atoms with E-state index in [-0.39, 0.29) is 5.91 Å². The molecule has 0 bridgehead atoms. The summed E-state index contributed by atoms with van der Waals surface area (Å²) in [6.07, 6.45) is 0. The Morgan fingerprint density at radius 1 is 1.19 bits per heavy atom. The molecule has 0 fully saturated rings. The quantitative estimate of drug-likeness (QED) is 0.912. The molecule has 0 aliphatic rings. The van der Waals surface area contributed by atoms with Gasteiger partial charge in [0.1, 0.15) is 11.5 Å². The molecule has 0 unspecified atom stereocenters. The zero-order chi connectivity index (χ0) is 15.2. The Bertz CT molecular complexity index is 638. The summed E-state index contributed by atoms with van der Waals surface area (Å²) in [4.78, 5) is 12.3. The highest BCUT2D eigenvalue weighted by molar-refractivity contribution is 6.05. The number of nitrogens with one attached hydrogen (secondary N) is 1. The monoisotopic (exact) mass is 285 g/mol. The number of carbonyl (C=O) groups is 1. The Labute approximate surface area is 124 Å². The van der Waals surface area contributed by atoms with Crippen LogP contribution >= 0.6 is 0 Å². The number of ether oxygens (including phenoxy) is 2. The van der Waals surface area contributed by atoms with E-state index < -0.39 is 0 Å². The fraction of sp³-hybridized carbons (Fsp3) is 0.235. The van der Waals surface area contributed by atoms with Gasteiger partial charge in [-0.2, -0.15) is 0 Å². The lowest BCUT2D eigenvalue weighted by Gasteiger charge is -2.12. The number of benzene rings is 2. The van der Waals surface area contributed by atoms with Crippen LogP contribution in [0.1, 0.15) is 22.8 Å². The molecule has 0 aromatic heterocycles. The maximum Gasteiger partial charge on any atom is 0.255 e. The molecule has 0 atom stereocenters. The molecule has 0 aliphatic heterocycles.